The molecule has 0 aromatic rings. The second-order valence-electron chi connectivity index (χ2n) is 27.7. The number of hydrogen-bond donors (Lipinski definition) is 3. The summed E-state index contributed by atoms with van der Waals surface area (Å²) in [4.78, 5) is 73.0. The van der Waals surface area contributed by atoms with E-state index < -0.39 is 97.5 Å². The van der Waals surface area contributed by atoms with Crippen LogP contribution in [0.5, 0.6) is 0 Å². The maximum atomic E-state index is 13.1. The number of phosphoric acid groups is 2. The fourth-order valence-corrected chi connectivity index (χ4v) is 13.1. The second-order valence-corrected chi connectivity index (χ2v) is 30.6. The lowest BCUT2D eigenvalue weighted by atomic mass is 10.0. The molecule has 0 saturated carbocycles. The predicted octanol–water partition coefficient (Wildman–Crippen LogP) is 23.7. The predicted molar refractivity (Wildman–Crippen MR) is 409 cm³/mol. The second kappa shape index (κ2) is 74.3. The molecule has 0 fully saturated rings. The third-order valence-corrected chi connectivity index (χ3v) is 19.7. The molecular weight excluding hydrogens is 1310 g/mol. The topological polar surface area (TPSA) is 237 Å². The molecule has 0 aliphatic rings. The number of esters is 4. The fourth-order valence-electron chi connectivity index (χ4n) is 11.6. The molecule has 0 aliphatic heterocycles. The van der Waals surface area contributed by atoms with Crippen LogP contribution in [0.1, 0.15) is 387 Å². The first-order valence-electron chi connectivity index (χ1n) is 40.9. The van der Waals surface area contributed by atoms with E-state index in [0.29, 0.717) is 32.1 Å². The molecule has 0 spiro atoms. The summed E-state index contributed by atoms with van der Waals surface area (Å²) in [5.74, 6) is -2.19. The van der Waals surface area contributed by atoms with Gasteiger partial charge in [0, 0.05) is 25.7 Å². The van der Waals surface area contributed by atoms with Crippen molar-refractivity contribution in [3.63, 3.8) is 0 Å². The highest BCUT2D eigenvalue weighted by Gasteiger charge is 2.30. The van der Waals surface area contributed by atoms with Gasteiger partial charge in [0.05, 0.1) is 26.4 Å². The lowest BCUT2D eigenvalue weighted by Gasteiger charge is -2.21. The van der Waals surface area contributed by atoms with Gasteiger partial charge in [0.25, 0.3) is 0 Å². The van der Waals surface area contributed by atoms with Crippen LogP contribution < -0.4 is 0 Å². The largest absolute Gasteiger partial charge is 0.472 e. The number of allylic oxidation sites excluding steroid dienone is 8. The first-order chi connectivity index (χ1) is 48.7. The van der Waals surface area contributed by atoms with Crippen molar-refractivity contribution in [1.29, 1.82) is 0 Å². The van der Waals surface area contributed by atoms with Crippen molar-refractivity contribution in [2.45, 2.75) is 406 Å². The molecule has 586 valence electrons. The Kier molecular flexibility index (Phi) is 72.1. The zero-order chi connectivity index (χ0) is 73.2. The van der Waals surface area contributed by atoms with Crippen LogP contribution in [0, 0.1) is 0 Å². The minimum Gasteiger partial charge on any atom is -0.462 e. The molecular formula is C81H150O17P2. The van der Waals surface area contributed by atoms with Gasteiger partial charge in [-0.25, -0.2) is 9.13 Å². The summed E-state index contributed by atoms with van der Waals surface area (Å²) < 4.78 is 68.6. The zero-order valence-corrected chi connectivity index (χ0v) is 65.9. The first-order valence-corrected chi connectivity index (χ1v) is 43.9. The summed E-state index contributed by atoms with van der Waals surface area (Å²) in [6.45, 7) is 4.88. The molecule has 2 unspecified atom stereocenters. The normalized spacial score (nSPS) is 14.1. The molecule has 0 bridgehead atoms. The Hall–Kier alpha value is -2.98. The van der Waals surface area contributed by atoms with Gasteiger partial charge in [0.2, 0.25) is 0 Å². The molecule has 5 atom stereocenters. The number of ether oxygens (including phenoxy) is 4. The van der Waals surface area contributed by atoms with E-state index in [9.17, 15) is 43.2 Å². The van der Waals surface area contributed by atoms with Gasteiger partial charge in [0.15, 0.2) is 12.2 Å². The van der Waals surface area contributed by atoms with Gasteiger partial charge in [-0.3, -0.25) is 37.3 Å². The Balaban J connectivity index is 5.34. The highest BCUT2D eigenvalue weighted by Crippen LogP contribution is 2.45. The lowest BCUT2D eigenvalue weighted by Crippen LogP contribution is -2.30. The van der Waals surface area contributed by atoms with Crippen LogP contribution in [-0.4, -0.2) is 96.7 Å². The van der Waals surface area contributed by atoms with Crippen molar-refractivity contribution in [3.8, 4) is 0 Å². The van der Waals surface area contributed by atoms with E-state index in [1.807, 2.05) is 12.2 Å². The van der Waals surface area contributed by atoms with E-state index in [-0.39, 0.29) is 25.7 Å². The van der Waals surface area contributed by atoms with Crippen LogP contribution in [0.2, 0.25) is 0 Å². The highest BCUT2D eigenvalue weighted by atomic mass is 31.2. The van der Waals surface area contributed by atoms with E-state index in [1.54, 1.807) is 0 Å². The summed E-state index contributed by atoms with van der Waals surface area (Å²) in [7, 11) is -9.95. The maximum absolute atomic E-state index is 13.1. The number of carbonyl (C=O) groups is 4. The molecule has 0 heterocycles. The van der Waals surface area contributed by atoms with Gasteiger partial charge in [-0.2, -0.15) is 0 Å². The molecule has 0 aromatic heterocycles. The number of hydrogen-bond acceptors (Lipinski definition) is 15. The van der Waals surface area contributed by atoms with Gasteiger partial charge < -0.3 is 33.8 Å². The van der Waals surface area contributed by atoms with Gasteiger partial charge in [-0.15, -0.1) is 0 Å². The van der Waals surface area contributed by atoms with Crippen LogP contribution in [0.25, 0.3) is 0 Å². The minimum atomic E-state index is -4.98. The smallest absolute Gasteiger partial charge is 0.462 e. The number of unbranched alkanes of at least 4 members (excludes halogenated alkanes) is 44. The Labute approximate surface area is 610 Å². The summed E-state index contributed by atoms with van der Waals surface area (Å²) in [5.41, 5.74) is 0. The number of phosphoric ester groups is 2. The molecule has 0 saturated heterocycles. The summed E-state index contributed by atoms with van der Waals surface area (Å²) in [6.07, 6.45) is 72.3. The zero-order valence-electron chi connectivity index (χ0n) is 64.1. The van der Waals surface area contributed by atoms with E-state index in [1.165, 1.54) is 212 Å². The van der Waals surface area contributed by atoms with Crippen LogP contribution in [0.15, 0.2) is 48.6 Å². The van der Waals surface area contributed by atoms with Crippen molar-refractivity contribution in [1.82, 2.24) is 0 Å². The van der Waals surface area contributed by atoms with Gasteiger partial charge >= 0.3 is 39.5 Å². The van der Waals surface area contributed by atoms with Crippen molar-refractivity contribution in [3.05, 3.63) is 48.6 Å². The monoisotopic (exact) mass is 1460 g/mol. The van der Waals surface area contributed by atoms with Crippen molar-refractivity contribution >= 4 is 39.5 Å². The van der Waals surface area contributed by atoms with Crippen molar-refractivity contribution in [2.75, 3.05) is 39.6 Å². The van der Waals surface area contributed by atoms with Gasteiger partial charge in [-0.05, 0) is 64.2 Å². The third-order valence-electron chi connectivity index (χ3n) is 17.8. The molecule has 19 heteroatoms. The van der Waals surface area contributed by atoms with Crippen molar-refractivity contribution in [2.24, 2.45) is 0 Å². The summed E-state index contributed by atoms with van der Waals surface area (Å²) >= 11 is 0. The average molecular weight is 1460 g/mol. The highest BCUT2D eigenvalue weighted by molar-refractivity contribution is 7.47. The molecule has 0 rings (SSSR count). The minimum absolute atomic E-state index is 0.0256. The average Bonchev–Trinajstić information content (AvgIpc) is 0.959. The standard InChI is InChI=1S/C81H150O17P2/c1-5-9-13-17-21-25-29-33-35-37-39-43-47-51-55-59-63-67-80(85)97-76(71-91-78(83)65-61-57-53-49-45-41-31-27-23-19-15-11-7-3)73-95-99(87,88)93-69-75(82)70-94-100(89,90)96-74-77(72-92-79(84)66-62-58-54-50-46-42-32-28-24-20-16-12-8-4)98-81(86)68-64-60-56-52-48-44-40-38-36-34-30-26-22-18-14-10-6-2/h21,25,33,35,39,43,51,55,75-77,82H,5-20,22-24,26-32,34,36-38,40-42,44-50,52-54,56-74H2,1-4H3,(H,87,88)(H,89,90)/b25-21-,35-33-,43-39-,55-51-/t75-,76+,77+/m0/s1. The molecule has 0 amide bonds. The quantitative estimate of drug-likeness (QED) is 0.0169. The number of carbonyl (C=O) groups excluding carboxylic acids is 4. The van der Waals surface area contributed by atoms with Crippen LogP contribution in [-0.2, 0) is 65.4 Å². The van der Waals surface area contributed by atoms with Crippen LogP contribution in [0.3, 0.4) is 0 Å². The van der Waals surface area contributed by atoms with E-state index in [2.05, 4.69) is 64.2 Å². The Morgan fingerprint density at radius 2 is 0.500 bits per heavy atom. The molecule has 0 aliphatic carbocycles. The third kappa shape index (κ3) is 73.3. The Morgan fingerprint density at radius 1 is 0.280 bits per heavy atom. The SMILES string of the molecule is CCCCC/C=C\C/C=C\C/C=C\C/C=C\CCCC(=O)O[C@H](COC(=O)CCCCCCCCCCCCCCC)COP(=O)(O)OC[C@H](O)COP(=O)(O)OC[C@@H](COC(=O)CCCCCCCCCCCCCCC)OC(=O)CCCCCCCCCCCCCCCCCCC. The number of aliphatic hydroxyl groups is 1. The van der Waals surface area contributed by atoms with E-state index in [4.69, 9.17) is 37.0 Å². The Bertz CT molecular complexity index is 2080. The lowest BCUT2D eigenvalue weighted by molar-refractivity contribution is -0.161. The van der Waals surface area contributed by atoms with Gasteiger partial charge in [-0.1, -0.05) is 346 Å². The number of aliphatic hydroxyl groups excluding tert-OH is 1. The summed E-state index contributed by atoms with van der Waals surface area (Å²) in [6, 6.07) is 0. The van der Waals surface area contributed by atoms with E-state index in [0.717, 1.165) is 89.9 Å². The van der Waals surface area contributed by atoms with Gasteiger partial charge in [0.1, 0.15) is 19.3 Å². The first kappa shape index (κ1) is 97.0. The fraction of sp³-hybridized carbons (Fsp3) is 0.852. The molecule has 3 N–H and O–H groups in total. The molecule has 0 radical (unpaired) electrons. The molecule has 0 aromatic carbocycles. The van der Waals surface area contributed by atoms with E-state index >= 15 is 0 Å². The summed E-state index contributed by atoms with van der Waals surface area (Å²) in [5, 5.41) is 10.6. The molecule has 100 heavy (non-hydrogen) atoms. The van der Waals surface area contributed by atoms with Crippen molar-refractivity contribution < 1.29 is 80.2 Å². The Morgan fingerprint density at radius 3 is 0.790 bits per heavy atom. The number of rotatable bonds is 78. The van der Waals surface area contributed by atoms with Crippen LogP contribution in [0.4, 0.5) is 0 Å². The van der Waals surface area contributed by atoms with Crippen LogP contribution >= 0.6 is 15.6 Å². The maximum Gasteiger partial charge on any atom is 0.472 e. The molecule has 17 nitrogen and oxygen atoms in total.